The molecule has 0 radical (unpaired) electrons. The number of halogens is 4. The van der Waals surface area contributed by atoms with Gasteiger partial charge in [0.05, 0.1) is 36.1 Å². The van der Waals surface area contributed by atoms with Gasteiger partial charge in [0.25, 0.3) is 17.1 Å². The maximum Gasteiger partial charge on any atom is 0.336 e. The summed E-state index contributed by atoms with van der Waals surface area (Å²) in [6, 6.07) is 12.7. The van der Waals surface area contributed by atoms with E-state index in [0.29, 0.717) is 33.2 Å². The SMILES string of the molecule is O=C1NC(=O)/C(=C/c2cn(Cc3ccc(Cl)c(Cl)c3)c3ccc(NC(=O)c4cc(Cl)c(Cl)cc4C(=O)O)cc23)S1. The molecule has 0 atom stereocenters. The van der Waals surface area contributed by atoms with Crippen LogP contribution in [0.3, 0.4) is 0 Å². The summed E-state index contributed by atoms with van der Waals surface area (Å²) >= 11 is 25.0. The lowest BCUT2D eigenvalue weighted by Crippen LogP contribution is -2.17. The molecule has 202 valence electrons. The zero-order valence-corrected chi connectivity index (χ0v) is 23.8. The molecule has 2 heterocycles. The van der Waals surface area contributed by atoms with Crippen LogP contribution in [0.15, 0.2) is 59.6 Å². The Bertz CT molecular complexity index is 1800. The summed E-state index contributed by atoms with van der Waals surface area (Å²) in [5.74, 6) is -2.55. The van der Waals surface area contributed by atoms with E-state index in [1.54, 1.807) is 36.4 Å². The summed E-state index contributed by atoms with van der Waals surface area (Å²) in [7, 11) is 0. The van der Waals surface area contributed by atoms with E-state index in [1.807, 2.05) is 16.8 Å². The normalized spacial score (nSPS) is 14.2. The minimum atomic E-state index is -1.34. The highest BCUT2D eigenvalue weighted by molar-refractivity contribution is 8.18. The molecule has 4 aromatic rings. The van der Waals surface area contributed by atoms with Gasteiger partial charge in [0.15, 0.2) is 0 Å². The molecular formula is C27H15Cl4N3O5S. The Kier molecular flexibility index (Phi) is 7.85. The number of hydrogen-bond acceptors (Lipinski definition) is 5. The number of aromatic carboxylic acids is 1. The lowest BCUT2D eigenvalue weighted by molar-refractivity contribution is -0.115. The van der Waals surface area contributed by atoms with Crippen molar-refractivity contribution < 1.29 is 24.3 Å². The van der Waals surface area contributed by atoms with Crippen molar-refractivity contribution in [3.05, 3.63) is 102 Å². The molecule has 5 rings (SSSR count). The van der Waals surface area contributed by atoms with E-state index >= 15 is 0 Å². The Balaban J connectivity index is 1.56. The minimum Gasteiger partial charge on any atom is -0.478 e. The molecule has 0 spiro atoms. The molecule has 0 aliphatic carbocycles. The van der Waals surface area contributed by atoms with Gasteiger partial charge < -0.3 is 15.0 Å². The van der Waals surface area contributed by atoms with E-state index < -0.39 is 23.0 Å². The van der Waals surface area contributed by atoms with Gasteiger partial charge in [-0.25, -0.2) is 4.79 Å². The molecule has 0 unspecified atom stereocenters. The fourth-order valence-corrected chi connectivity index (χ4v) is 5.48. The molecular weight excluding hydrogens is 620 g/mol. The number of imide groups is 1. The smallest absolute Gasteiger partial charge is 0.336 e. The monoisotopic (exact) mass is 633 g/mol. The molecule has 40 heavy (non-hydrogen) atoms. The quantitative estimate of drug-likeness (QED) is 0.188. The van der Waals surface area contributed by atoms with Gasteiger partial charge in [-0.15, -0.1) is 0 Å². The van der Waals surface area contributed by atoms with Crippen LogP contribution in [0.5, 0.6) is 0 Å². The van der Waals surface area contributed by atoms with Crippen molar-refractivity contribution in [2.75, 3.05) is 5.32 Å². The number of hydrogen-bond donors (Lipinski definition) is 3. The third-order valence-corrected chi connectivity index (χ3v) is 8.24. The molecule has 8 nitrogen and oxygen atoms in total. The second kappa shape index (κ2) is 11.2. The number of amides is 3. The van der Waals surface area contributed by atoms with Crippen LogP contribution in [0, 0.1) is 0 Å². The number of fused-ring (bicyclic) bond motifs is 1. The summed E-state index contributed by atoms with van der Waals surface area (Å²) in [6.45, 7) is 0.409. The van der Waals surface area contributed by atoms with Crippen molar-refractivity contribution in [3.63, 3.8) is 0 Å². The van der Waals surface area contributed by atoms with E-state index in [9.17, 15) is 24.3 Å². The van der Waals surface area contributed by atoms with E-state index in [-0.39, 0.29) is 26.1 Å². The predicted octanol–water partition coefficient (Wildman–Crippen LogP) is 7.58. The molecule has 3 amide bonds. The van der Waals surface area contributed by atoms with Crippen molar-refractivity contribution in [1.29, 1.82) is 0 Å². The van der Waals surface area contributed by atoms with Crippen LogP contribution in [0.2, 0.25) is 20.1 Å². The van der Waals surface area contributed by atoms with Crippen LogP contribution in [0.1, 0.15) is 31.8 Å². The Morgan fingerprint density at radius 1 is 0.925 bits per heavy atom. The number of carbonyl (C=O) groups is 4. The summed E-state index contributed by atoms with van der Waals surface area (Å²) in [6.07, 6.45) is 3.40. The largest absolute Gasteiger partial charge is 0.478 e. The summed E-state index contributed by atoms with van der Waals surface area (Å²) in [4.78, 5) is 48.9. The van der Waals surface area contributed by atoms with Crippen molar-refractivity contribution in [1.82, 2.24) is 9.88 Å². The fraction of sp³-hybridized carbons (Fsp3) is 0.0370. The number of carbonyl (C=O) groups excluding carboxylic acids is 3. The van der Waals surface area contributed by atoms with Crippen LogP contribution < -0.4 is 10.6 Å². The van der Waals surface area contributed by atoms with Crippen LogP contribution in [-0.2, 0) is 11.3 Å². The van der Waals surface area contributed by atoms with Crippen molar-refractivity contribution in [3.8, 4) is 0 Å². The first-order chi connectivity index (χ1) is 19.0. The van der Waals surface area contributed by atoms with Crippen molar-refractivity contribution >= 4 is 104 Å². The number of carboxylic acid groups (broad SMARTS) is 1. The molecule has 13 heteroatoms. The van der Waals surface area contributed by atoms with Gasteiger partial charge in [0.2, 0.25) is 0 Å². The van der Waals surface area contributed by atoms with Gasteiger partial charge in [0.1, 0.15) is 0 Å². The topological polar surface area (TPSA) is 118 Å². The van der Waals surface area contributed by atoms with E-state index in [1.165, 1.54) is 6.07 Å². The predicted molar refractivity (Wildman–Crippen MR) is 158 cm³/mol. The summed E-state index contributed by atoms with van der Waals surface area (Å²) in [5, 5.41) is 15.5. The maximum atomic E-state index is 13.1. The standard InChI is InChI=1S/C27H15Cl4N3O5S/c28-18-3-1-12(5-19(18)29)10-34-11-13(6-23-25(36)33-27(39)40-23)15-7-14(2-4-22(15)34)32-24(35)16-8-20(30)21(31)9-17(16)26(37)38/h1-9,11H,10H2,(H,32,35)(H,37,38)(H,33,36,39)/b23-6-. The summed E-state index contributed by atoms with van der Waals surface area (Å²) in [5.41, 5.74) is 2.11. The number of aromatic nitrogens is 1. The lowest BCUT2D eigenvalue weighted by atomic mass is 10.1. The van der Waals surface area contributed by atoms with Gasteiger partial charge in [0, 0.05) is 34.9 Å². The van der Waals surface area contributed by atoms with Crippen LogP contribution in [0.25, 0.3) is 17.0 Å². The number of nitrogens with zero attached hydrogens (tertiary/aromatic N) is 1. The fourth-order valence-electron chi connectivity index (χ4n) is 4.16. The number of carboxylic acids is 1. The van der Waals surface area contributed by atoms with Crippen molar-refractivity contribution in [2.24, 2.45) is 0 Å². The molecule has 3 N–H and O–H groups in total. The van der Waals surface area contributed by atoms with Crippen LogP contribution in [0.4, 0.5) is 10.5 Å². The highest BCUT2D eigenvalue weighted by Crippen LogP contribution is 2.33. The van der Waals surface area contributed by atoms with Gasteiger partial charge in [-0.2, -0.15) is 0 Å². The highest BCUT2D eigenvalue weighted by Gasteiger charge is 2.26. The van der Waals surface area contributed by atoms with Crippen LogP contribution >= 0.6 is 58.2 Å². The van der Waals surface area contributed by atoms with E-state index in [0.717, 1.165) is 28.9 Å². The zero-order valence-electron chi connectivity index (χ0n) is 19.9. The zero-order chi connectivity index (χ0) is 28.7. The number of rotatable bonds is 6. The second-order valence-corrected chi connectivity index (χ2v) is 11.3. The molecule has 3 aromatic carbocycles. The maximum absolute atomic E-state index is 13.1. The number of anilines is 1. The Morgan fingerprint density at radius 3 is 2.27 bits per heavy atom. The first-order valence-electron chi connectivity index (χ1n) is 11.4. The molecule has 1 aliphatic heterocycles. The Hall–Kier alpha value is -3.47. The van der Waals surface area contributed by atoms with Gasteiger partial charge in [-0.1, -0.05) is 52.5 Å². The first kappa shape index (κ1) is 28.1. The Labute approximate surface area is 250 Å². The Morgan fingerprint density at radius 2 is 1.62 bits per heavy atom. The number of thioether (sulfide) groups is 1. The molecule has 1 fully saturated rings. The van der Waals surface area contributed by atoms with Gasteiger partial charge in [-0.05, 0) is 65.9 Å². The van der Waals surface area contributed by atoms with E-state index in [4.69, 9.17) is 46.4 Å². The number of nitrogens with one attached hydrogen (secondary N) is 2. The number of benzene rings is 3. The highest BCUT2D eigenvalue weighted by atomic mass is 35.5. The minimum absolute atomic E-state index is 0.00494. The molecule has 1 aromatic heterocycles. The average molecular weight is 635 g/mol. The van der Waals surface area contributed by atoms with Gasteiger partial charge >= 0.3 is 5.97 Å². The van der Waals surface area contributed by atoms with Crippen LogP contribution in [-0.4, -0.2) is 32.7 Å². The summed E-state index contributed by atoms with van der Waals surface area (Å²) < 4.78 is 1.92. The average Bonchev–Trinajstić information content (AvgIpc) is 3.40. The third-order valence-electron chi connectivity index (χ3n) is 5.97. The van der Waals surface area contributed by atoms with Crippen molar-refractivity contribution in [2.45, 2.75) is 6.54 Å². The third kappa shape index (κ3) is 5.70. The lowest BCUT2D eigenvalue weighted by Gasteiger charge is -2.11. The molecule has 1 aliphatic rings. The van der Waals surface area contributed by atoms with Gasteiger partial charge in [-0.3, -0.25) is 19.7 Å². The molecule has 0 saturated carbocycles. The first-order valence-corrected chi connectivity index (χ1v) is 13.7. The second-order valence-electron chi connectivity index (χ2n) is 8.62. The van der Waals surface area contributed by atoms with E-state index in [2.05, 4.69) is 10.6 Å². The molecule has 0 bridgehead atoms. The molecule has 1 saturated heterocycles.